The lowest BCUT2D eigenvalue weighted by atomic mass is 9.87. The van der Waals surface area contributed by atoms with Crippen molar-refractivity contribution in [3.05, 3.63) is 77.9 Å². The van der Waals surface area contributed by atoms with E-state index in [-0.39, 0.29) is 5.91 Å². The zero-order chi connectivity index (χ0) is 25.1. The number of carboxylic acids is 2. The number of carbonyl (C=O) groups excluding carboxylic acids is 3. The van der Waals surface area contributed by atoms with Crippen LogP contribution < -0.4 is 15.1 Å². The molecule has 0 N–H and O–H groups in total. The number of para-hydroxylation sites is 1. The van der Waals surface area contributed by atoms with Crippen LogP contribution in [0.5, 0.6) is 0 Å². The maximum absolute atomic E-state index is 13.5. The second kappa shape index (κ2) is 12.7. The highest BCUT2D eigenvalue weighted by Gasteiger charge is 2.52. The van der Waals surface area contributed by atoms with Gasteiger partial charge in [0.1, 0.15) is 0 Å². The molecule has 34 heavy (non-hydrogen) atoms. The number of amides is 1. The maximum Gasteiger partial charge on any atom is 0.268 e. The monoisotopic (exact) mass is 466 g/mol. The van der Waals surface area contributed by atoms with E-state index in [1.807, 2.05) is 59.5 Å². The standard InChI is InChI=1S/C22H28N2O2.C4H4O4/c1-4-23(5-2)16-11-17-24-20-15-10-9-14-19(20)22(26-3,21(24)25)18-12-7-6-8-13-18;5-3(6)1-2-4(7)8/h6-10,12-15H,4-5,11,16-17H2,1-3H3;1-2H,(H,5,6)(H,7,8)/p-2. The molecular weight excluding hydrogens is 436 g/mol. The molecule has 2 aromatic carbocycles. The number of anilines is 1. The number of methoxy groups -OCH3 is 1. The van der Waals surface area contributed by atoms with E-state index in [2.05, 4.69) is 18.7 Å². The highest BCUT2D eigenvalue weighted by molar-refractivity contribution is 6.09. The van der Waals surface area contributed by atoms with Gasteiger partial charge in [0.15, 0.2) is 5.60 Å². The molecule has 0 saturated carbocycles. The highest BCUT2D eigenvalue weighted by atomic mass is 16.5. The number of nitrogens with zero attached hydrogens (tertiary/aromatic N) is 2. The summed E-state index contributed by atoms with van der Waals surface area (Å²) in [6.07, 6.45) is 1.71. The molecule has 0 radical (unpaired) electrons. The van der Waals surface area contributed by atoms with Crippen molar-refractivity contribution in [2.24, 2.45) is 0 Å². The molecule has 8 heteroatoms. The van der Waals surface area contributed by atoms with Gasteiger partial charge in [-0.05, 0) is 49.8 Å². The van der Waals surface area contributed by atoms with Crippen LogP contribution in [0.15, 0.2) is 66.7 Å². The second-order valence-corrected chi connectivity index (χ2v) is 7.58. The van der Waals surface area contributed by atoms with Crippen molar-refractivity contribution in [2.75, 3.05) is 38.2 Å². The number of aliphatic carboxylic acids is 2. The van der Waals surface area contributed by atoms with E-state index in [1.165, 1.54) is 0 Å². The SMILES string of the molecule is CCN(CC)CCCN1C(=O)C(OC)(c2ccccc2)c2ccccc21.O=C([O-])C=CC(=O)[O-]. The molecule has 0 spiro atoms. The van der Waals surface area contributed by atoms with Gasteiger partial charge in [-0.1, -0.05) is 62.4 Å². The number of hydrogen-bond donors (Lipinski definition) is 0. The van der Waals surface area contributed by atoms with Crippen molar-refractivity contribution in [1.82, 2.24) is 4.90 Å². The zero-order valence-corrected chi connectivity index (χ0v) is 19.7. The Morgan fingerprint density at radius 3 is 2.06 bits per heavy atom. The van der Waals surface area contributed by atoms with Crippen molar-refractivity contribution in [3.63, 3.8) is 0 Å². The predicted molar refractivity (Wildman–Crippen MR) is 125 cm³/mol. The minimum absolute atomic E-state index is 0.00643. The lowest BCUT2D eigenvalue weighted by Gasteiger charge is -2.28. The fourth-order valence-electron chi connectivity index (χ4n) is 4.04. The quantitative estimate of drug-likeness (QED) is 0.474. The summed E-state index contributed by atoms with van der Waals surface area (Å²) in [4.78, 5) is 36.6. The van der Waals surface area contributed by atoms with E-state index in [0.717, 1.165) is 42.9 Å². The van der Waals surface area contributed by atoms with Crippen LogP contribution in [0.2, 0.25) is 0 Å². The van der Waals surface area contributed by atoms with Crippen molar-refractivity contribution in [2.45, 2.75) is 25.9 Å². The molecular formula is C26H30N2O6-2. The lowest BCUT2D eigenvalue weighted by molar-refractivity contribution is -0.301. The normalized spacial score (nSPS) is 16.9. The van der Waals surface area contributed by atoms with E-state index in [4.69, 9.17) is 4.74 Å². The first kappa shape index (κ1) is 26.8. The smallest absolute Gasteiger partial charge is 0.268 e. The van der Waals surface area contributed by atoms with Crippen LogP contribution in [0.25, 0.3) is 0 Å². The third kappa shape index (κ3) is 6.09. The van der Waals surface area contributed by atoms with Crippen LogP contribution in [0, 0.1) is 0 Å². The van der Waals surface area contributed by atoms with Crippen molar-refractivity contribution >= 4 is 23.5 Å². The Bertz CT molecular complexity index is 987. The fraction of sp³-hybridized carbons (Fsp3) is 0.346. The highest BCUT2D eigenvalue weighted by Crippen LogP contribution is 2.46. The summed E-state index contributed by atoms with van der Waals surface area (Å²) >= 11 is 0. The van der Waals surface area contributed by atoms with Gasteiger partial charge in [-0.2, -0.15) is 0 Å². The Morgan fingerprint density at radius 1 is 0.971 bits per heavy atom. The number of fused-ring (bicyclic) bond motifs is 1. The summed E-state index contributed by atoms with van der Waals surface area (Å²) in [6.45, 7) is 8.10. The minimum Gasteiger partial charge on any atom is -0.545 e. The van der Waals surface area contributed by atoms with Crippen LogP contribution in [0.1, 0.15) is 31.4 Å². The Hall–Kier alpha value is -3.49. The largest absolute Gasteiger partial charge is 0.545 e. The summed E-state index contributed by atoms with van der Waals surface area (Å²) < 4.78 is 5.92. The molecule has 1 aliphatic rings. The van der Waals surface area contributed by atoms with Crippen LogP contribution in [-0.2, 0) is 24.7 Å². The van der Waals surface area contributed by atoms with E-state index < -0.39 is 17.5 Å². The van der Waals surface area contributed by atoms with Crippen LogP contribution >= 0.6 is 0 Å². The summed E-state index contributed by atoms with van der Waals surface area (Å²) in [7, 11) is 1.63. The molecule has 1 unspecified atom stereocenters. The zero-order valence-electron chi connectivity index (χ0n) is 19.7. The maximum atomic E-state index is 13.5. The number of rotatable bonds is 10. The van der Waals surface area contributed by atoms with E-state index in [0.29, 0.717) is 18.7 Å². The molecule has 0 fully saturated rings. The van der Waals surface area contributed by atoms with Crippen LogP contribution in [0.4, 0.5) is 5.69 Å². The first-order chi connectivity index (χ1) is 16.3. The molecule has 0 aliphatic carbocycles. The van der Waals surface area contributed by atoms with Crippen LogP contribution in [-0.4, -0.2) is 56.0 Å². The molecule has 0 bridgehead atoms. The average Bonchev–Trinajstić information content (AvgIpc) is 3.09. The third-order valence-electron chi connectivity index (χ3n) is 5.71. The van der Waals surface area contributed by atoms with Gasteiger partial charge in [-0.3, -0.25) is 4.79 Å². The average molecular weight is 467 g/mol. The van der Waals surface area contributed by atoms with Gasteiger partial charge >= 0.3 is 0 Å². The molecule has 0 saturated heterocycles. The van der Waals surface area contributed by atoms with Gasteiger partial charge in [0.25, 0.3) is 5.91 Å². The van der Waals surface area contributed by atoms with Gasteiger partial charge in [-0.25, -0.2) is 0 Å². The molecule has 1 heterocycles. The summed E-state index contributed by atoms with van der Waals surface area (Å²) in [5.41, 5.74) is 1.73. The topological polar surface area (TPSA) is 113 Å². The van der Waals surface area contributed by atoms with Gasteiger partial charge in [0.05, 0.1) is 17.6 Å². The molecule has 3 rings (SSSR count). The predicted octanol–water partition coefficient (Wildman–Crippen LogP) is 0.698. The molecule has 2 aromatic rings. The Labute approximate surface area is 200 Å². The van der Waals surface area contributed by atoms with E-state index in [9.17, 15) is 24.6 Å². The van der Waals surface area contributed by atoms with E-state index in [1.54, 1.807) is 7.11 Å². The fourth-order valence-corrected chi connectivity index (χ4v) is 4.04. The van der Waals surface area contributed by atoms with Gasteiger partial charge in [0, 0.05) is 19.2 Å². The molecule has 182 valence electrons. The lowest BCUT2D eigenvalue weighted by Crippen LogP contribution is -2.43. The second-order valence-electron chi connectivity index (χ2n) is 7.58. The number of carbonyl (C=O) groups is 3. The van der Waals surface area contributed by atoms with Gasteiger partial charge in [-0.15, -0.1) is 0 Å². The van der Waals surface area contributed by atoms with Crippen molar-refractivity contribution in [3.8, 4) is 0 Å². The molecule has 1 amide bonds. The third-order valence-corrected chi connectivity index (χ3v) is 5.71. The van der Waals surface area contributed by atoms with E-state index >= 15 is 0 Å². The Morgan fingerprint density at radius 2 is 1.53 bits per heavy atom. The first-order valence-electron chi connectivity index (χ1n) is 11.2. The molecule has 1 atom stereocenters. The number of ether oxygens (including phenoxy) is 1. The van der Waals surface area contributed by atoms with Crippen LogP contribution in [0.3, 0.4) is 0 Å². The minimum atomic E-state index is -1.55. The number of benzene rings is 2. The summed E-state index contributed by atoms with van der Waals surface area (Å²) in [5, 5.41) is 18.8. The summed E-state index contributed by atoms with van der Waals surface area (Å²) in [5.74, 6) is -3.09. The Kier molecular flexibility index (Phi) is 9.97. The molecule has 1 aliphatic heterocycles. The molecule has 8 nitrogen and oxygen atoms in total. The van der Waals surface area contributed by atoms with Crippen molar-refractivity contribution in [1.29, 1.82) is 0 Å². The first-order valence-corrected chi connectivity index (χ1v) is 11.2. The Balaban J connectivity index is 0.000000440. The van der Waals surface area contributed by atoms with Crippen molar-refractivity contribution < 1.29 is 29.3 Å². The number of carboxylic acid groups (broad SMARTS) is 2. The summed E-state index contributed by atoms with van der Waals surface area (Å²) in [6, 6.07) is 17.8. The van der Waals surface area contributed by atoms with Gasteiger partial charge in [0.2, 0.25) is 0 Å². The number of hydrogen-bond acceptors (Lipinski definition) is 7. The molecule has 0 aromatic heterocycles. The van der Waals surface area contributed by atoms with Gasteiger partial charge < -0.3 is 34.3 Å².